The first kappa shape index (κ1) is 11.1. The Bertz CT molecular complexity index is 348. The van der Waals surface area contributed by atoms with Crippen LogP contribution in [-0.4, -0.2) is 27.4 Å². The van der Waals surface area contributed by atoms with Crippen molar-refractivity contribution in [3.8, 4) is 0 Å². The molecule has 1 saturated carbocycles. The Balaban J connectivity index is 1.85. The molecule has 1 heterocycles. The highest BCUT2D eigenvalue weighted by Crippen LogP contribution is 2.34. The van der Waals surface area contributed by atoms with Gasteiger partial charge in [-0.2, -0.15) is 15.4 Å². The number of carbonyl (C=O) groups excluding carboxylic acids is 1. The molecule has 0 radical (unpaired) electrons. The van der Waals surface area contributed by atoms with Crippen LogP contribution in [0.4, 0.5) is 0 Å². The average molecular weight is 222 g/mol. The van der Waals surface area contributed by atoms with Crippen LogP contribution in [0.2, 0.25) is 0 Å². The smallest absolute Gasteiger partial charge is 0.273 e. The van der Waals surface area contributed by atoms with Gasteiger partial charge in [0.1, 0.15) is 0 Å². The summed E-state index contributed by atoms with van der Waals surface area (Å²) >= 11 is 0. The van der Waals surface area contributed by atoms with Crippen molar-refractivity contribution >= 4 is 5.91 Å². The Hall–Kier alpha value is -1.39. The minimum atomic E-state index is -0.126. The van der Waals surface area contributed by atoms with Crippen LogP contribution < -0.4 is 5.32 Å². The van der Waals surface area contributed by atoms with E-state index in [2.05, 4.69) is 34.6 Å². The fourth-order valence-electron chi connectivity index (χ4n) is 2.11. The molecule has 1 fully saturated rings. The van der Waals surface area contributed by atoms with Gasteiger partial charge < -0.3 is 5.32 Å². The van der Waals surface area contributed by atoms with Gasteiger partial charge in [0.2, 0.25) is 0 Å². The van der Waals surface area contributed by atoms with Crippen LogP contribution in [0, 0.1) is 5.41 Å². The van der Waals surface area contributed by atoms with E-state index in [0.29, 0.717) is 11.1 Å². The van der Waals surface area contributed by atoms with Gasteiger partial charge in [0.05, 0.1) is 6.20 Å². The van der Waals surface area contributed by atoms with Gasteiger partial charge in [-0.25, -0.2) is 0 Å². The second-order valence-electron chi connectivity index (χ2n) is 5.27. The van der Waals surface area contributed by atoms with Crippen LogP contribution >= 0.6 is 0 Å². The Morgan fingerprint density at radius 1 is 1.50 bits per heavy atom. The van der Waals surface area contributed by atoms with Crippen LogP contribution in [-0.2, 0) is 0 Å². The number of rotatable bonds is 2. The van der Waals surface area contributed by atoms with Crippen molar-refractivity contribution in [2.75, 3.05) is 0 Å². The van der Waals surface area contributed by atoms with Crippen molar-refractivity contribution in [1.82, 2.24) is 20.7 Å². The molecule has 1 aliphatic rings. The maximum absolute atomic E-state index is 11.7. The molecule has 0 aliphatic heterocycles. The minimum absolute atomic E-state index is 0.126. The lowest BCUT2D eigenvalue weighted by atomic mass is 9.75. The lowest BCUT2D eigenvalue weighted by molar-refractivity contribution is 0.0904. The fourth-order valence-corrected chi connectivity index (χ4v) is 2.11. The highest BCUT2D eigenvalue weighted by molar-refractivity contribution is 5.91. The summed E-state index contributed by atoms with van der Waals surface area (Å²) in [6.45, 7) is 4.56. The molecule has 0 atom stereocenters. The monoisotopic (exact) mass is 222 g/mol. The summed E-state index contributed by atoms with van der Waals surface area (Å²) in [5, 5.41) is 12.8. The number of aromatic amines is 1. The molecule has 0 spiro atoms. The van der Waals surface area contributed by atoms with Gasteiger partial charge in [0.25, 0.3) is 5.91 Å². The fraction of sp³-hybridized carbons (Fsp3) is 0.727. The van der Waals surface area contributed by atoms with E-state index in [1.54, 1.807) is 0 Å². The predicted molar refractivity (Wildman–Crippen MR) is 59.9 cm³/mol. The zero-order chi connectivity index (χ0) is 11.6. The number of aromatic nitrogens is 3. The van der Waals surface area contributed by atoms with Crippen molar-refractivity contribution < 1.29 is 4.79 Å². The molecule has 0 bridgehead atoms. The van der Waals surface area contributed by atoms with E-state index < -0.39 is 0 Å². The third-order valence-corrected chi connectivity index (χ3v) is 3.32. The van der Waals surface area contributed by atoms with E-state index >= 15 is 0 Å². The number of carbonyl (C=O) groups is 1. The molecule has 16 heavy (non-hydrogen) atoms. The van der Waals surface area contributed by atoms with Gasteiger partial charge in [0.15, 0.2) is 5.69 Å². The lowest BCUT2D eigenvalue weighted by Crippen LogP contribution is -2.39. The molecule has 0 unspecified atom stereocenters. The van der Waals surface area contributed by atoms with Crippen molar-refractivity contribution in [2.45, 2.75) is 45.6 Å². The molecule has 0 aromatic carbocycles. The van der Waals surface area contributed by atoms with E-state index in [1.807, 2.05) is 0 Å². The first-order valence-electron chi connectivity index (χ1n) is 5.73. The summed E-state index contributed by atoms with van der Waals surface area (Å²) in [6.07, 6.45) is 5.88. The second-order valence-corrected chi connectivity index (χ2v) is 5.27. The molecule has 1 aromatic heterocycles. The maximum Gasteiger partial charge on any atom is 0.273 e. The van der Waals surface area contributed by atoms with Crippen LogP contribution in [0.15, 0.2) is 6.20 Å². The number of amides is 1. The van der Waals surface area contributed by atoms with E-state index in [1.165, 1.54) is 6.20 Å². The highest BCUT2D eigenvalue weighted by atomic mass is 16.2. The van der Waals surface area contributed by atoms with Gasteiger partial charge in [-0.05, 0) is 31.1 Å². The van der Waals surface area contributed by atoms with Gasteiger partial charge >= 0.3 is 0 Å². The Morgan fingerprint density at radius 3 is 2.75 bits per heavy atom. The molecule has 5 nitrogen and oxygen atoms in total. The summed E-state index contributed by atoms with van der Waals surface area (Å²) < 4.78 is 0. The third-order valence-electron chi connectivity index (χ3n) is 3.32. The second kappa shape index (κ2) is 4.23. The third kappa shape index (κ3) is 2.59. The highest BCUT2D eigenvalue weighted by Gasteiger charge is 2.27. The van der Waals surface area contributed by atoms with Crippen LogP contribution in [0.5, 0.6) is 0 Å². The van der Waals surface area contributed by atoms with E-state index in [0.717, 1.165) is 25.7 Å². The van der Waals surface area contributed by atoms with Crippen molar-refractivity contribution in [2.24, 2.45) is 5.41 Å². The summed E-state index contributed by atoms with van der Waals surface area (Å²) in [5.41, 5.74) is 0.791. The molecule has 0 saturated heterocycles. The zero-order valence-corrected chi connectivity index (χ0v) is 9.79. The van der Waals surface area contributed by atoms with Crippen LogP contribution in [0.25, 0.3) is 0 Å². The van der Waals surface area contributed by atoms with Gasteiger partial charge in [0, 0.05) is 6.04 Å². The Labute approximate surface area is 95.0 Å². The summed E-state index contributed by atoms with van der Waals surface area (Å²) in [7, 11) is 0. The summed E-state index contributed by atoms with van der Waals surface area (Å²) in [4.78, 5) is 11.7. The number of nitrogens with zero attached hydrogens (tertiary/aromatic N) is 2. The van der Waals surface area contributed by atoms with Crippen molar-refractivity contribution in [3.05, 3.63) is 11.9 Å². The van der Waals surface area contributed by atoms with E-state index in [-0.39, 0.29) is 11.9 Å². The van der Waals surface area contributed by atoms with E-state index in [4.69, 9.17) is 0 Å². The van der Waals surface area contributed by atoms with Gasteiger partial charge in [-0.15, -0.1) is 0 Å². The molecule has 2 N–H and O–H groups in total. The first-order valence-corrected chi connectivity index (χ1v) is 5.73. The molecular weight excluding hydrogens is 204 g/mol. The number of H-pyrrole nitrogens is 1. The van der Waals surface area contributed by atoms with Crippen molar-refractivity contribution in [3.63, 3.8) is 0 Å². The standard InChI is InChI=1S/C11H18N4O/c1-11(2)5-3-8(4-6-11)13-10(16)9-7-12-15-14-9/h7-8H,3-6H2,1-2H3,(H,13,16)(H,12,14,15). The molecule has 1 aromatic rings. The maximum atomic E-state index is 11.7. The topological polar surface area (TPSA) is 70.7 Å². The van der Waals surface area contributed by atoms with Gasteiger partial charge in [-0.1, -0.05) is 13.8 Å². The number of hydrogen-bond acceptors (Lipinski definition) is 3. The average Bonchev–Trinajstić information content (AvgIpc) is 2.74. The molecule has 1 amide bonds. The molecule has 5 heteroatoms. The van der Waals surface area contributed by atoms with Crippen LogP contribution in [0.3, 0.4) is 0 Å². The molecule has 2 rings (SSSR count). The Morgan fingerprint density at radius 2 is 2.19 bits per heavy atom. The van der Waals surface area contributed by atoms with E-state index in [9.17, 15) is 4.79 Å². The van der Waals surface area contributed by atoms with Gasteiger partial charge in [-0.3, -0.25) is 4.79 Å². The molecule has 1 aliphatic carbocycles. The predicted octanol–water partition coefficient (Wildman–Crippen LogP) is 1.50. The largest absolute Gasteiger partial charge is 0.348 e. The number of hydrogen-bond donors (Lipinski definition) is 2. The normalized spacial score (nSPS) is 20.6. The SMILES string of the molecule is CC1(C)CCC(NC(=O)c2cn[nH]n2)CC1. The summed E-state index contributed by atoms with van der Waals surface area (Å²) in [6, 6.07) is 0.289. The molecule has 88 valence electrons. The zero-order valence-electron chi connectivity index (χ0n) is 9.79. The lowest BCUT2D eigenvalue weighted by Gasteiger charge is -2.34. The van der Waals surface area contributed by atoms with Crippen molar-refractivity contribution in [1.29, 1.82) is 0 Å². The Kier molecular flexibility index (Phi) is 2.94. The quantitative estimate of drug-likeness (QED) is 0.796. The minimum Gasteiger partial charge on any atom is -0.348 e. The molecular formula is C11H18N4O. The summed E-state index contributed by atoms with van der Waals surface area (Å²) in [5.74, 6) is -0.126. The number of nitrogens with one attached hydrogen (secondary N) is 2. The van der Waals surface area contributed by atoms with Crippen LogP contribution in [0.1, 0.15) is 50.0 Å². The first-order chi connectivity index (χ1) is 7.57.